The maximum atomic E-state index is 12.4. The summed E-state index contributed by atoms with van der Waals surface area (Å²) in [5.74, 6) is -0.326. The average Bonchev–Trinajstić information content (AvgIpc) is 2.39. The second-order valence-electron chi connectivity index (χ2n) is 3.94. The van der Waals surface area contributed by atoms with Crippen LogP contribution in [0.25, 0.3) is 11.0 Å². The molecule has 1 aromatic heterocycles. The van der Waals surface area contributed by atoms with Gasteiger partial charge in [0.2, 0.25) is 5.43 Å². The van der Waals surface area contributed by atoms with E-state index in [-0.39, 0.29) is 17.6 Å². The molecule has 0 atom stereocenters. The van der Waals surface area contributed by atoms with Gasteiger partial charge < -0.3 is 9.15 Å². The van der Waals surface area contributed by atoms with Crippen molar-refractivity contribution in [3.63, 3.8) is 0 Å². The number of carbonyl (C=O) groups is 1. The van der Waals surface area contributed by atoms with E-state index < -0.39 is 11.4 Å². The normalized spacial score (nSPS) is 10.7. The minimum absolute atomic E-state index is 0.0425. The van der Waals surface area contributed by atoms with Crippen LogP contribution >= 0.6 is 11.6 Å². The van der Waals surface area contributed by atoms with Crippen molar-refractivity contribution in [2.45, 2.75) is 20.3 Å². The number of hydrogen-bond donors (Lipinski definition) is 0. The van der Waals surface area contributed by atoms with E-state index in [9.17, 15) is 9.59 Å². The molecule has 0 aliphatic carbocycles. The van der Waals surface area contributed by atoms with Crippen LogP contribution in [-0.4, -0.2) is 12.6 Å². The van der Waals surface area contributed by atoms with Gasteiger partial charge in [0.1, 0.15) is 16.9 Å². The van der Waals surface area contributed by atoms with E-state index in [1.165, 1.54) is 6.07 Å². The van der Waals surface area contributed by atoms with Crippen LogP contribution in [0.2, 0.25) is 5.02 Å². The van der Waals surface area contributed by atoms with Gasteiger partial charge in [-0.25, -0.2) is 4.79 Å². The highest BCUT2D eigenvalue weighted by Gasteiger charge is 2.21. The van der Waals surface area contributed by atoms with Gasteiger partial charge in [-0.2, -0.15) is 0 Å². The Balaban J connectivity index is 2.77. The summed E-state index contributed by atoms with van der Waals surface area (Å²) >= 11 is 5.86. The van der Waals surface area contributed by atoms with E-state index in [0.29, 0.717) is 22.8 Å². The Morgan fingerprint density at radius 1 is 1.37 bits per heavy atom. The van der Waals surface area contributed by atoms with Crippen LogP contribution in [0.15, 0.2) is 27.4 Å². The SMILES string of the molecule is CCOC(=O)c1c(CC)oc2ccc(Cl)cc2c1=O. The van der Waals surface area contributed by atoms with E-state index in [1.807, 2.05) is 6.92 Å². The molecule has 2 aromatic rings. The molecule has 1 heterocycles. The molecule has 0 amide bonds. The molecule has 0 aliphatic heterocycles. The van der Waals surface area contributed by atoms with E-state index in [2.05, 4.69) is 0 Å². The summed E-state index contributed by atoms with van der Waals surface area (Å²) in [6.45, 7) is 3.70. The minimum atomic E-state index is -0.657. The maximum Gasteiger partial charge on any atom is 0.345 e. The second-order valence-corrected chi connectivity index (χ2v) is 4.38. The van der Waals surface area contributed by atoms with E-state index in [1.54, 1.807) is 19.1 Å². The fourth-order valence-corrected chi connectivity index (χ4v) is 2.04. The zero-order valence-corrected chi connectivity index (χ0v) is 11.4. The molecule has 0 saturated heterocycles. The smallest absolute Gasteiger partial charge is 0.345 e. The first-order valence-corrected chi connectivity index (χ1v) is 6.38. The largest absolute Gasteiger partial charge is 0.462 e. The molecule has 1 aromatic carbocycles. The third kappa shape index (κ3) is 2.49. The van der Waals surface area contributed by atoms with Crippen molar-refractivity contribution >= 4 is 28.5 Å². The van der Waals surface area contributed by atoms with Crippen LogP contribution < -0.4 is 5.43 Å². The minimum Gasteiger partial charge on any atom is -0.462 e. The highest BCUT2D eigenvalue weighted by molar-refractivity contribution is 6.31. The first-order valence-electron chi connectivity index (χ1n) is 6.00. The summed E-state index contributed by atoms with van der Waals surface area (Å²) in [4.78, 5) is 24.2. The topological polar surface area (TPSA) is 56.5 Å². The average molecular weight is 281 g/mol. The number of esters is 1. The Hall–Kier alpha value is -1.81. The summed E-state index contributed by atoms with van der Waals surface area (Å²) in [7, 11) is 0. The lowest BCUT2D eigenvalue weighted by Crippen LogP contribution is -2.20. The van der Waals surface area contributed by atoms with Crippen LogP contribution in [0.1, 0.15) is 30.0 Å². The van der Waals surface area contributed by atoms with Crippen LogP contribution in [-0.2, 0) is 11.2 Å². The van der Waals surface area contributed by atoms with Crippen molar-refractivity contribution in [3.05, 3.63) is 44.8 Å². The molecular formula is C14H13ClO4. The van der Waals surface area contributed by atoms with Gasteiger partial charge in [0.15, 0.2) is 0 Å². The lowest BCUT2D eigenvalue weighted by molar-refractivity contribution is 0.0520. The van der Waals surface area contributed by atoms with Crippen LogP contribution in [0.5, 0.6) is 0 Å². The fourth-order valence-electron chi connectivity index (χ4n) is 1.87. The van der Waals surface area contributed by atoms with E-state index >= 15 is 0 Å². The second kappa shape index (κ2) is 5.45. The van der Waals surface area contributed by atoms with E-state index in [0.717, 1.165) is 0 Å². The Bertz CT molecular complexity index is 688. The van der Waals surface area contributed by atoms with Crippen molar-refractivity contribution in [1.82, 2.24) is 0 Å². The highest BCUT2D eigenvalue weighted by atomic mass is 35.5. The number of rotatable bonds is 3. The van der Waals surface area contributed by atoms with Gasteiger partial charge in [-0.05, 0) is 25.1 Å². The zero-order chi connectivity index (χ0) is 14.0. The van der Waals surface area contributed by atoms with Crippen molar-refractivity contribution in [2.24, 2.45) is 0 Å². The van der Waals surface area contributed by atoms with Crippen LogP contribution in [0.3, 0.4) is 0 Å². The Morgan fingerprint density at radius 3 is 2.74 bits per heavy atom. The van der Waals surface area contributed by atoms with Crippen LogP contribution in [0, 0.1) is 0 Å². The molecule has 5 heteroatoms. The van der Waals surface area contributed by atoms with Gasteiger partial charge in [0, 0.05) is 11.4 Å². The Morgan fingerprint density at radius 2 is 2.11 bits per heavy atom. The lowest BCUT2D eigenvalue weighted by atomic mass is 10.1. The summed E-state index contributed by atoms with van der Waals surface area (Å²) in [6, 6.07) is 4.74. The molecule has 0 spiro atoms. The maximum absolute atomic E-state index is 12.4. The summed E-state index contributed by atoms with van der Waals surface area (Å²) in [5.41, 5.74) is -0.0301. The number of benzene rings is 1. The van der Waals surface area contributed by atoms with Crippen molar-refractivity contribution in [1.29, 1.82) is 0 Å². The van der Waals surface area contributed by atoms with Gasteiger partial charge in [0.05, 0.1) is 12.0 Å². The van der Waals surface area contributed by atoms with Crippen molar-refractivity contribution in [3.8, 4) is 0 Å². The fraction of sp³-hybridized carbons (Fsp3) is 0.286. The van der Waals surface area contributed by atoms with Gasteiger partial charge in [-0.3, -0.25) is 4.79 Å². The predicted molar refractivity (Wildman–Crippen MR) is 72.8 cm³/mol. The molecule has 0 bridgehead atoms. The Kier molecular flexibility index (Phi) is 3.90. The predicted octanol–water partition coefficient (Wildman–Crippen LogP) is 3.19. The van der Waals surface area contributed by atoms with Gasteiger partial charge >= 0.3 is 5.97 Å². The van der Waals surface area contributed by atoms with Crippen molar-refractivity contribution in [2.75, 3.05) is 6.61 Å². The first kappa shape index (κ1) is 13.6. The summed E-state index contributed by atoms with van der Waals surface area (Å²) < 4.78 is 10.5. The third-order valence-corrected chi connectivity index (χ3v) is 2.96. The lowest BCUT2D eigenvalue weighted by Gasteiger charge is -2.07. The molecule has 0 saturated carbocycles. The summed E-state index contributed by atoms with van der Waals surface area (Å²) in [5, 5.41) is 0.701. The molecule has 0 aliphatic rings. The molecular weight excluding hydrogens is 268 g/mol. The number of carbonyl (C=O) groups excluding carboxylic acids is 1. The number of ether oxygens (including phenoxy) is 1. The standard InChI is InChI=1S/C14H13ClO4/c1-3-10-12(14(17)18-4-2)13(16)9-7-8(15)5-6-11(9)19-10/h5-7H,3-4H2,1-2H3. The molecule has 0 N–H and O–H groups in total. The number of fused-ring (bicyclic) bond motifs is 1. The van der Waals surface area contributed by atoms with Crippen molar-refractivity contribution < 1.29 is 13.9 Å². The molecule has 4 nitrogen and oxygen atoms in total. The Labute approximate surface area is 114 Å². The molecule has 0 unspecified atom stereocenters. The van der Waals surface area contributed by atoms with Gasteiger partial charge in [-0.15, -0.1) is 0 Å². The monoisotopic (exact) mass is 280 g/mol. The van der Waals surface area contributed by atoms with Gasteiger partial charge in [0.25, 0.3) is 0 Å². The number of hydrogen-bond acceptors (Lipinski definition) is 4. The third-order valence-electron chi connectivity index (χ3n) is 2.73. The van der Waals surface area contributed by atoms with E-state index in [4.69, 9.17) is 20.8 Å². The number of halogens is 1. The molecule has 0 fully saturated rings. The molecule has 100 valence electrons. The quantitative estimate of drug-likeness (QED) is 0.810. The van der Waals surface area contributed by atoms with Gasteiger partial charge in [-0.1, -0.05) is 18.5 Å². The van der Waals surface area contributed by atoms with Crippen LogP contribution in [0.4, 0.5) is 0 Å². The first-order chi connectivity index (χ1) is 9.08. The summed E-state index contributed by atoms with van der Waals surface area (Å²) in [6.07, 6.45) is 0.432. The molecule has 2 rings (SSSR count). The molecule has 19 heavy (non-hydrogen) atoms. The zero-order valence-electron chi connectivity index (χ0n) is 10.7. The highest BCUT2D eigenvalue weighted by Crippen LogP contribution is 2.20. The number of aryl methyl sites for hydroxylation is 1. The molecule has 0 radical (unpaired) electrons.